The van der Waals surface area contributed by atoms with Crippen LogP contribution in [0.15, 0.2) is 48.5 Å². The number of likely N-dealkylation sites (tertiary alicyclic amines) is 2. The summed E-state index contributed by atoms with van der Waals surface area (Å²) in [6.45, 7) is 3.97. The molecule has 2 aromatic rings. The quantitative estimate of drug-likeness (QED) is 0.638. The summed E-state index contributed by atoms with van der Waals surface area (Å²) >= 11 is 12.3. The molecule has 0 spiro atoms. The van der Waals surface area contributed by atoms with Crippen LogP contribution in [0.1, 0.15) is 48.8 Å². The minimum absolute atomic E-state index is 0.0948. The average Bonchev–Trinajstić information content (AvgIpc) is 3.23. The predicted molar refractivity (Wildman–Crippen MR) is 115 cm³/mol. The van der Waals surface area contributed by atoms with E-state index >= 15 is 0 Å². The van der Waals surface area contributed by atoms with Crippen molar-refractivity contribution in [1.29, 1.82) is 0 Å². The molecule has 0 saturated carbocycles. The highest BCUT2D eigenvalue weighted by molar-refractivity contribution is 6.42. The Balaban J connectivity index is 1.61. The number of hydrogen-bond donors (Lipinski definition) is 0. The summed E-state index contributed by atoms with van der Waals surface area (Å²) in [7, 11) is 0. The second-order valence-electron chi connectivity index (χ2n) is 7.83. The molecule has 0 aliphatic carbocycles. The Hall–Kier alpha value is -1.55. The van der Waals surface area contributed by atoms with Crippen molar-refractivity contribution in [2.45, 2.75) is 37.6 Å². The lowest BCUT2D eigenvalue weighted by Gasteiger charge is -2.40. The maximum absolute atomic E-state index is 13.5. The van der Waals surface area contributed by atoms with E-state index in [4.69, 9.17) is 23.2 Å². The van der Waals surface area contributed by atoms with E-state index in [2.05, 4.69) is 34.1 Å². The van der Waals surface area contributed by atoms with Gasteiger partial charge in [0.05, 0.1) is 22.0 Å². The number of carbonyl (C=O) groups excluding carboxylic acids is 1. The molecular weight excluding hydrogens is 391 g/mol. The zero-order valence-corrected chi connectivity index (χ0v) is 17.5. The van der Waals surface area contributed by atoms with Gasteiger partial charge in [-0.1, -0.05) is 59.6 Å². The van der Waals surface area contributed by atoms with Gasteiger partial charge in [0.15, 0.2) is 0 Å². The number of carbonyl (C=O) groups is 1. The van der Waals surface area contributed by atoms with Crippen LogP contribution in [-0.2, 0) is 4.79 Å². The molecule has 3 nitrogen and oxygen atoms in total. The zero-order chi connectivity index (χ0) is 19.5. The highest BCUT2D eigenvalue weighted by atomic mass is 35.5. The lowest BCUT2D eigenvalue weighted by atomic mass is 9.88. The molecule has 0 aromatic heterocycles. The Morgan fingerprint density at radius 2 is 1.68 bits per heavy atom. The summed E-state index contributed by atoms with van der Waals surface area (Å²) in [4.78, 5) is 18.1. The summed E-state index contributed by atoms with van der Waals surface area (Å²) in [5.74, 6) is 0.0611. The molecule has 2 fully saturated rings. The SMILES string of the molecule is O=C1[C@H](c2ccc(Cl)c(Cl)c2)CCCN1C(CN1CCCC1)c1ccccc1. The first-order valence-electron chi connectivity index (χ1n) is 10.2. The number of halogens is 2. The monoisotopic (exact) mass is 416 g/mol. The van der Waals surface area contributed by atoms with Crippen molar-refractivity contribution in [3.8, 4) is 0 Å². The summed E-state index contributed by atoms with van der Waals surface area (Å²) in [5.41, 5.74) is 2.19. The van der Waals surface area contributed by atoms with Crippen molar-refractivity contribution in [3.63, 3.8) is 0 Å². The normalized spacial score (nSPS) is 21.9. The van der Waals surface area contributed by atoms with Crippen LogP contribution in [0.5, 0.6) is 0 Å². The third kappa shape index (κ3) is 4.22. The van der Waals surface area contributed by atoms with E-state index in [9.17, 15) is 4.79 Å². The second kappa shape index (κ2) is 8.86. The lowest BCUT2D eigenvalue weighted by Crippen LogP contribution is -2.46. The molecule has 2 aliphatic rings. The maximum Gasteiger partial charge on any atom is 0.230 e. The first-order valence-corrected chi connectivity index (χ1v) is 10.9. The van der Waals surface area contributed by atoms with Crippen LogP contribution in [0, 0.1) is 0 Å². The minimum atomic E-state index is -0.145. The molecule has 1 unspecified atom stereocenters. The Morgan fingerprint density at radius 3 is 2.39 bits per heavy atom. The van der Waals surface area contributed by atoms with Crippen LogP contribution >= 0.6 is 23.2 Å². The summed E-state index contributed by atoms with van der Waals surface area (Å²) < 4.78 is 0. The number of benzene rings is 2. The molecule has 4 rings (SSSR count). The van der Waals surface area contributed by atoms with E-state index in [1.807, 2.05) is 18.2 Å². The number of nitrogens with zero attached hydrogens (tertiary/aromatic N) is 2. The molecule has 2 heterocycles. The van der Waals surface area contributed by atoms with Gasteiger partial charge in [-0.2, -0.15) is 0 Å². The third-order valence-corrected chi connectivity index (χ3v) is 6.75. The highest BCUT2D eigenvalue weighted by Gasteiger charge is 2.35. The molecular formula is C23H26Cl2N2O. The van der Waals surface area contributed by atoms with Crippen molar-refractivity contribution < 1.29 is 4.79 Å². The van der Waals surface area contributed by atoms with Crippen LogP contribution in [0.2, 0.25) is 10.0 Å². The van der Waals surface area contributed by atoms with Crippen LogP contribution in [0.3, 0.4) is 0 Å². The Kier molecular flexibility index (Phi) is 6.25. The van der Waals surface area contributed by atoms with Crippen LogP contribution < -0.4 is 0 Å². The number of amides is 1. The van der Waals surface area contributed by atoms with E-state index in [1.165, 1.54) is 18.4 Å². The molecule has 2 aliphatic heterocycles. The Morgan fingerprint density at radius 1 is 0.929 bits per heavy atom. The largest absolute Gasteiger partial charge is 0.334 e. The molecule has 2 saturated heterocycles. The molecule has 2 atom stereocenters. The topological polar surface area (TPSA) is 23.6 Å². The molecule has 1 amide bonds. The van der Waals surface area contributed by atoms with Gasteiger partial charge < -0.3 is 9.80 Å². The first kappa shape index (κ1) is 19.8. The fourth-order valence-corrected chi connectivity index (χ4v) is 4.82. The van der Waals surface area contributed by atoms with E-state index in [0.717, 1.165) is 44.6 Å². The van der Waals surface area contributed by atoms with Crippen molar-refractivity contribution in [2.24, 2.45) is 0 Å². The minimum Gasteiger partial charge on any atom is -0.334 e. The van der Waals surface area contributed by atoms with Gasteiger partial charge >= 0.3 is 0 Å². The number of piperidine rings is 1. The van der Waals surface area contributed by atoms with Crippen molar-refractivity contribution >= 4 is 29.1 Å². The van der Waals surface area contributed by atoms with Gasteiger partial charge in [0.1, 0.15) is 0 Å². The molecule has 0 bridgehead atoms. The standard InChI is InChI=1S/C23H26Cl2N2O/c24-20-11-10-18(15-21(20)25)19-9-6-14-27(23(19)28)22(16-26-12-4-5-13-26)17-7-2-1-3-8-17/h1-3,7-8,10-11,15,19,22H,4-6,9,12-14,16H2/t19-,22?/m0/s1. The predicted octanol–water partition coefficient (Wildman–Crippen LogP) is 5.54. The third-order valence-electron chi connectivity index (χ3n) is 6.01. The molecule has 148 valence electrons. The molecule has 2 aromatic carbocycles. The smallest absolute Gasteiger partial charge is 0.230 e. The Bertz CT molecular complexity index is 821. The maximum atomic E-state index is 13.5. The van der Waals surface area contributed by atoms with Crippen LogP contribution in [0.4, 0.5) is 0 Å². The van der Waals surface area contributed by atoms with Gasteiger partial charge in [0, 0.05) is 13.1 Å². The van der Waals surface area contributed by atoms with Crippen LogP contribution in [-0.4, -0.2) is 41.9 Å². The molecule has 28 heavy (non-hydrogen) atoms. The van der Waals surface area contributed by atoms with Gasteiger partial charge in [-0.15, -0.1) is 0 Å². The van der Waals surface area contributed by atoms with E-state index in [-0.39, 0.29) is 17.9 Å². The average molecular weight is 417 g/mol. The highest BCUT2D eigenvalue weighted by Crippen LogP contribution is 2.36. The van der Waals surface area contributed by atoms with Gasteiger partial charge in [-0.3, -0.25) is 4.79 Å². The second-order valence-corrected chi connectivity index (χ2v) is 8.65. The van der Waals surface area contributed by atoms with Gasteiger partial charge in [-0.25, -0.2) is 0 Å². The van der Waals surface area contributed by atoms with E-state index < -0.39 is 0 Å². The van der Waals surface area contributed by atoms with Gasteiger partial charge in [0.25, 0.3) is 0 Å². The molecule has 5 heteroatoms. The van der Waals surface area contributed by atoms with Crippen molar-refractivity contribution in [2.75, 3.05) is 26.2 Å². The Labute approximate surface area is 177 Å². The fourth-order valence-electron chi connectivity index (χ4n) is 4.52. The van der Waals surface area contributed by atoms with Crippen molar-refractivity contribution in [3.05, 3.63) is 69.7 Å². The lowest BCUT2D eigenvalue weighted by molar-refractivity contribution is -0.138. The van der Waals surface area contributed by atoms with E-state index in [1.54, 1.807) is 6.07 Å². The summed E-state index contributed by atoms with van der Waals surface area (Å²) in [5, 5.41) is 1.04. The number of rotatable bonds is 5. The van der Waals surface area contributed by atoms with E-state index in [0.29, 0.717) is 10.0 Å². The summed E-state index contributed by atoms with van der Waals surface area (Å²) in [6, 6.07) is 16.2. The van der Waals surface area contributed by atoms with Gasteiger partial charge in [-0.05, 0) is 62.0 Å². The first-order chi connectivity index (χ1) is 13.6. The molecule has 0 N–H and O–H groups in total. The molecule has 0 radical (unpaired) electrons. The van der Waals surface area contributed by atoms with Gasteiger partial charge in [0.2, 0.25) is 5.91 Å². The van der Waals surface area contributed by atoms with Crippen LogP contribution in [0.25, 0.3) is 0 Å². The zero-order valence-electron chi connectivity index (χ0n) is 16.0. The number of hydrogen-bond acceptors (Lipinski definition) is 2. The summed E-state index contributed by atoms with van der Waals surface area (Å²) in [6.07, 6.45) is 4.36. The van der Waals surface area contributed by atoms with Crippen molar-refractivity contribution in [1.82, 2.24) is 9.80 Å². The fraction of sp³-hybridized carbons (Fsp3) is 0.435.